The fourth-order valence-electron chi connectivity index (χ4n) is 2.95. The quantitative estimate of drug-likeness (QED) is 0.797. The molecule has 0 spiro atoms. The molecule has 2 unspecified atom stereocenters. The summed E-state index contributed by atoms with van der Waals surface area (Å²) >= 11 is 0. The topological polar surface area (TPSA) is 40.5 Å². The van der Waals surface area contributed by atoms with Gasteiger partial charge in [-0.1, -0.05) is 13.8 Å². The van der Waals surface area contributed by atoms with Crippen LogP contribution in [0.3, 0.4) is 0 Å². The van der Waals surface area contributed by atoms with Crippen LogP contribution in [0.25, 0.3) is 0 Å². The average molecular weight is 227 g/mol. The van der Waals surface area contributed by atoms with Gasteiger partial charge in [-0.15, -0.1) is 0 Å². The molecular formula is C13H25NO2. The third-order valence-electron chi connectivity index (χ3n) is 3.59. The first-order valence-electron chi connectivity index (χ1n) is 6.48. The van der Waals surface area contributed by atoms with Gasteiger partial charge in [0, 0.05) is 19.0 Å². The predicted octanol–water partition coefficient (Wildman–Crippen LogP) is 1.90. The molecule has 1 amide bonds. The van der Waals surface area contributed by atoms with E-state index in [1.807, 2.05) is 6.92 Å². The van der Waals surface area contributed by atoms with Crippen molar-refractivity contribution in [1.82, 2.24) is 4.90 Å². The van der Waals surface area contributed by atoms with Gasteiger partial charge in [0.05, 0.1) is 6.61 Å². The van der Waals surface area contributed by atoms with Crippen molar-refractivity contribution in [2.75, 3.05) is 19.7 Å². The number of nitrogens with zero attached hydrogens (tertiary/aromatic N) is 1. The summed E-state index contributed by atoms with van der Waals surface area (Å²) in [5.41, 5.74) is 0. The van der Waals surface area contributed by atoms with Gasteiger partial charge in [-0.05, 0) is 38.0 Å². The molecule has 1 saturated carbocycles. The molecule has 94 valence electrons. The molecule has 2 atom stereocenters. The minimum Gasteiger partial charge on any atom is -0.395 e. The summed E-state index contributed by atoms with van der Waals surface area (Å²) in [5, 5.41) is 8.93. The number of hydrogen-bond acceptors (Lipinski definition) is 2. The van der Waals surface area contributed by atoms with Crippen molar-refractivity contribution in [1.29, 1.82) is 0 Å². The first kappa shape index (κ1) is 13.5. The molecule has 0 aromatic heterocycles. The Kier molecular flexibility index (Phi) is 5.26. The zero-order valence-corrected chi connectivity index (χ0v) is 10.8. The van der Waals surface area contributed by atoms with Crippen molar-refractivity contribution in [3.63, 3.8) is 0 Å². The first-order chi connectivity index (χ1) is 7.58. The van der Waals surface area contributed by atoms with Crippen molar-refractivity contribution in [2.45, 2.75) is 40.0 Å². The SMILES string of the molecule is CCN(CCO)C(=O)C1CC(C)CC(C)C1. The van der Waals surface area contributed by atoms with E-state index in [0.717, 1.165) is 12.8 Å². The largest absolute Gasteiger partial charge is 0.395 e. The van der Waals surface area contributed by atoms with Crippen molar-refractivity contribution >= 4 is 5.91 Å². The van der Waals surface area contributed by atoms with Crippen LogP contribution < -0.4 is 0 Å². The van der Waals surface area contributed by atoms with Crippen molar-refractivity contribution in [3.05, 3.63) is 0 Å². The maximum absolute atomic E-state index is 12.2. The number of rotatable bonds is 4. The van der Waals surface area contributed by atoms with Crippen molar-refractivity contribution in [2.24, 2.45) is 17.8 Å². The summed E-state index contributed by atoms with van der Waals surface area (Å²) in [5.74, 6) is 1.75. The van der Waals surface area contributed by atoms with E-state index in [-0.39, 0.29) is 18.4 Å². The van der Waals surface area contributed by atoms with Gasteiger partial charge in [-0.2, -0.15) is 0 Å². The second-order valence-electron chi connectivity index (χ2n) is 5.26. The molecule has 3 nitrogen and oxygen atoms in total. The Bertz CT molecular complexity index is 220. The Labute approximate surface area is 98.8 Å². The standard InChI is InChI=1S/C13H25NO2/c1-4-14(5-6-15)13(16)12-8-10(2)7-11(3)9-12/h10-12,15H,4-9H2,1-3H3. The lowest BCUT2D eigenvalue weighted by atomic mass is 9.76. The van der Waals surface area contributed by atoms with E-state index in [1.165, 1.54) is 6.42 Å². The van der Waals surface area contributed by atoms with Gasteiger partial charge in [-0.25, -0.2) is 0 Å². The molecule has 1 aliphatic rings. The van der Waals surface area contributed by atoms with Gasteiger partial charge in [-0.3, -0.25) is 4.79 Å². The first-order valence-corrected chi connectivity index (χ1v) is 6.48. The average Bonchev–Trinajstić information content (AvgIpc) is 2.23. The predicted molar refractivity (Wildman–Crippen MR) is 65.0 cm³/mol. The number of hydrogen-bond donors (Lipinski definition) is 1. The lowest BCUT2D eigenvalue weighted by molar-refractivity contribution is -0.138. The number of aliphatic hydroxyl groups excluding tert-OH is 1. The maximum atomic E-state index is 12.2. The normalized spacial score (nSPS) is 30.1. The van der Waals surface area contributed by atoms with E-state index >= 15 is 0 Å². The summed E-state index contributed by atoms with van der Waals surface area (Å²) in [6, 6.07) is 0. The van der Waals surface area contributed by atoms with Gasteiger partial charge in [0.2, 0.25) is 5.91 Å². The van der Waals surface area contributed by atoms with Gasteiger partial charge >= 0.3 is 0 Å². The van der Waals surface area contributed by atoms with Crippen LogP contribution in [0.4, 0.5) is 0 Å². The smallest absolute Gasteiger partial charge is 0.225 e. The second kappa shape index (κ2) is 6.24. The van der Waals surface area contributed by atoms with Gasteiger partial charge in [0.15, 0.2) is 0 Å². The van der Waals surface area contributed by atoms with E-state index < -0.39 is 0 Å². The molecule has 0 aromatic rings. The number of likely N-dealkylation sites (N-methyl/N-ethyl adjacent to an activating group) is 1. The maximum Gasteiger partial charge on any atom is 0.225 e. The van der Waals surface area contributed by atoms with Gasteiger partial charge in [0.25, 0.3) is 0 Å². The zero-order chi connectivity index (χ0) is 12.1. The Morgan fingerprint density at radius 1 is 1.25 bits per heavy atom. The molecule has 1 aliphatic carbocycles. The Morgan fingerprint density at radius 3 is 2.25 bits per heavy atom. The van der Waals surface area contributed by atoms with E-state index in [0.29, 0.717) is 24.9 Å². The number of aliphatic hydroxyl groups is 1. The third kappa shape index (κ3) is 3.48. The summed E-state index contributed by atoms with van der Waals surface area (Å²) in [4.78, 5) is 14.0. The zero-order valence-electron chi connectivity index (χ0n) is 10.8. The molecule has 1 N–H and O–H groups in total. The molecule has 1 fully saturated rings. The molecule has 0 heterocycles. The lowest BCUT2D eigenvalue weighted by Gasteiger charge is -2.33. The number of carbonyl (C=O) groups is 1. The summed E-state index contributed by atoms with van der Waals surface area (Å²) < 4.78 is 0. The van der Waals surface area contributed by atoms with Crippen LogP contribution in [-0.2, 0) is 4.79 Å². The second-order valence-corrected chi connectivity index (χ2v) is 5.26. The molecule has 0 radical (unpaired) electrons. The van der Waals surface area contributed by atoms with E-state index in [4.69, 9.17) is 5.11 Å². The highest BCUT2D eigenvalue weighted by Gasteiger charge is 2.30. The van der Waals surface area contributed by atoms with Crippen LogP contribution in [-0.4, -0.2) is 35.6 Å². The number of carbonyl (C=O) groups excluding carboxylic acids is 1. The van der Waals surface area contributed by atoms with Crippen LogP contribution in [0.15, 0.2) is 0 Å². The van der Waals surface area contributed by atoms with Crippen LogP contribution >= 0.6 is 0 Å². The highest BCUT2D eigenvalue weighted by Crippen LogP contribution is 2.33. The molecule has 0 bridgehead atoms. The molecule has 1 rings (SSSR count). The van der Waals surface area contributed by atoms with Gasteiger partial charge in [0.1, 0.15) is 0 Å². The monoisotopic (exact) mass is 227 g/mol. The van der Waals surface area contributed by atoms with E-state index in [2.05, 4.69) is 13.8 Å². The number of amides is 1. The Hall–Kier alpha value is -0.570. The Balaban J connectivity index is 2.57. The van der Waals surface area contributed by atoms with E-state index in [1.54, 1.807) is 4.90 Å². The highest BCUT2D eigenvalue weighted by molar-refractivity contribution is 5.79. The van der Waals surface area contributed by atoms with Crippen LogP contribution in [0, 0.1) is 17.8 Å². The summed E-state index contributed by atoms with van der Waals surface area (Å²) in [7, 11) is 0. The van der Waals surface area contributed by atoms with Crippen molar-refractivity contribution < 1.29 is 9.90 Å². The molecule has 16 heavy (non-hydrogen) atoms. The van der Waals surface area contributed by atoms with Crippen molar-refractivity contribution in [3.8, 4) is 0 Å². The molecule has 3 heteroatoms. The minimum absolute atomic E-state index is 0.0669. The molecule has 0 saturated heterocycles. The van der Waals surface area contributed by atoms with Crippen LogP contribution in [0.2, 0.25) is 0 Å². The lowest BCUT2D eigenvalue weighted by Crippen LogP contribution is -2.40. The summed E-state index contributed by atoms with van der Waals surface area (Å²) in [6.45, 7) is 7.70. The minimum atomic E-state index is 0.0669. The van der Waals surface area contributed by atoms with Crippen LogP contribution in [0.5, 0.6) is 0 Å². The van der Waals surface area contributed by atoms with Gasteiger partial charge < -0.3 is 10.0 Å². The third-order valence-corrected chi connectivity index (χ3v) is 3.59. The Morgan fingerprint density at radius 2 is 1.81 bits per heavy atom. The fraction of sp³-hybridized carbons (Fsp3) is 0.923. The molecular weight excluding hydrogens is 202 g/mol. The fourth-order valence-corrected chi connectivity index (χ4v) is 2.95. The van der Waals surface area contributed by atoms with E-state index in [9.17, 15) is 4.79 Å². The molecule has 0 aromatic carbocycles. The van der Waals surface area contributed by atoms with Crippen LogP contribution in [0.1, 0.15) is 40.0 Å². The molecule has 0 aliphatic heterocycles. The summed E-state index contributed by atoms with van der Waals surface area (Å²) in [6.07, 6.45) is 3.28. The highest BCUT2D eigenvalue weighted by atomic mass is 16.3.